The number of halogens is 1. The Kier molecular flexibility index (Phi) is 4.08. The van der Waals surface area contributed by atoms with Crippen molar-refractivity contribution in [1.29, 1.82) is 0 Å². The van der Waals surface area contributed by atoms with Gasteiger partial charge in [0.15, 0.2) is 5.82 Å². The number of ether oxygens (including phenoxy) is 1. The molecular weight excluding hydrogens is 286 g/mol. The van der Waals surface area contributed by atoms with E-state index in [0.717, 1.165) is 24.4 Å². The Morgan fingerprint density at radius 1 is 1.24 bits per heavy atom. The highest BCUT2D eigenvalue weighted by Gasteiger charge is 2.29. The predicted octanol–water partition coefficient (Wildman–Crippen LogP) is 3.41. The molecule has 2 heterocycles. The van der Waals surface area contributed by atoms with E-state index in [0.29, 0.717) is 17.0 Å². The van der Waals surface area contributed by atoms with Gasteiger partial charge in [-0.25, -0.2) is 9.97 Å². The lowest BCUT2D eigenvalue weighted by molar-refractivity contribution is 0.118. The van der Waals surface area contributed by atoms with Gasteiger partial charge >= 0.3 is 0 Å². The van der Waals surface area contributed by atoms with Crippen LogP contribution in [0.15, 0.2) is 36.4 Å². The molecule has 3 rings (SSSR count). The van der Waals surface area contributed by atoms with Crippen LogP contribution in [0.2, 0.25) is 5.15 Å². The Morgan fingerprint density at radius 3 is 2.67 bits per heavy atom. The van der Waals surface area contributed by atoms with Gasteiger partial charge in [-0.3, -0.25) is 0 Å². The number of likely N-dealkylation sites (N-methyl/N-ethyl adjacent to an activating group) is 1. The molecule has 1 aromatic heterocycles. The van der Waals surface area contributed by atoms with Crippen molar-refractivity contribution in [3.8, 4) is 11.4 Å². The number of anilines is 1. The van der Waals surface area contributed by atoms with E-state index in [2.05, 4.69) is 21.8 Å². The molecule has 4 nitrogen and oxygen atoms in total. The second-order valence-electron chi connectivity index (χ2n) is 5.28. The Morgan fingerprint density at radius 2 is 2.00 bits per heavy atom. The van der Waals surface area contributed by atoms with Crippen LogP contribution in [0.25, 0.3) is 11.4 Å². The lowest BCUT2D eigenvalue weighted by Gasteiger charge is -2.28. The fourth-order valence-electron chi connectivity index (χ4n) is 2.70. The van der Waals surface area contributed by atoms with E-state index in [1.54, 1.807) is 6.07 Å². The molecule has 110 valence electrons. The Hall–Kier alpha value is -1.65. The SMILES string of the molecule is CC1OCCC1N(C)c1cc(Cl)nc(-c2ccccc2)n1. The number of aromatic nitrogens is 2. The van der Waals surface area contributed by atoms with Gasteiger partial charge in [0.1, 0.15) is 11.0 Å². The van der Waals surface area contributed by atoms with Crippen molar-refractivity contribution in [3.63, 3.8) is 0 Å². The first-order chi connectivity index (χ1) is 10.1. The number of hydrogen-bond donors (Lipinski definition) is 0. The molecule has 0 spiro atoms. The summed E-state index contributed by atoms with van der Waals surface area (Å²) in [6, 6.07) is 12.0. The minimum Gasteiger partial charge on any atom is -0.376 e. The zero-order valence-corrected chi connectivity index (χ0v) is 12.9. The summed E-state index contributed by atoms with van der Waals surface area (Å²) in [6.45, 7) is 2.88. The summed E-state index contributed by atoms with van der Waals surface area (Å²) < 4.78 is 5.64. The average molecular weight is 304 g/mol. The molecule has 0 aliphatic carbocycles. The molecule has 21 heavy (non-hydrogen) atoms. The van der Waals surface area contributed by atoms with Gasteiger partial charge in [0, 0.05) is 25.3 Å². The highest BCUT2D eigenvalue weighted by atomic mass is 35.5. The topological polar surface area (TPSA) is 38.2 Å². The lowest BCUT2D eigenvalue weighted by Crippen LogP contribution is -2.37. The average Bonchev–Trinajstić information content (AvgIpc) is 2.93. The summed E-state index contributed by atoms with van der Waals surface area (Å²) in [5.74, 6) is 1.48. The maximum atomic E-state index is 6.18. The van der Waals surface area contributed by atoms with Crippen LogP contribution in [-0.2, 0) is 4.74 Å². The van der Waals surface area contributed by atoms with Gasteiger partial charge in [0.2, 0.25) is 0 Å². The quantitative estimate of drug-likeness (QED) is 0.815. The van der Waals surface area contributed by atoms with Gasteiger partial charge in [-0.1, -0.05) is 41.9 Å². The molecule has 0 radical (unpaired) electrons. The summed E-state index contributed by atoms with van der Waals surface area (Å²) in [5, 5.41) is 0.456. The molecule has 2 aromatic rings. The van der Waals surface area contributed by atoms with Crippen LogP contribution in [0.5, 0.6) is 0 Å². The highest BCUT2D eigenvalue weighted by molar-refractivity contribution is 6.29. The molecule has 0 bridgehead atoms. The lowest BCUT2D eigenvalue weighted by atomic mass is 10.1. The molecule has 0 saturated carbocycles. The maximum absolute atomic E-state index is 6.18. The smallest absolute Gasteiger partial charge is 0.163 e. The molecule has 1 saturated heterocycles. The summed E-state index contributed by atoms with van der Waals surface area (Å²) in [7, 11) is 2.03. The number of benzene rings is 1. The van der Waals surface area contributed by atoms with Crippen LogP contribution >= 0.6 is 11.6 Å². The summed E-state index contributed by atoms with van der Waals surface area (Å²) >= 11 is 6.18. The molecule has 2 atom stereocenters. The first kappa shape index (κ1) is 14.3. The van der Waals surface area contributed by atoms with E-state index in [1.807, 2.05) is 37.4 Å². The van der Waals surface area contributed by atoms with E-state index >= 15 is 0 Å². The first-order valence-corrected chi connectivity index (χ1v) is 7.47. The van der Waals surface area contributed by atoms with Crippen LogP contribution in [0.1, 0.15) is 13.3 Å². The molecule has 1 aliphatic rings. The summed E-state index contributed by atoms with van der Waals surface area (Å²) in [5.41, 5.74) is 0.963. The third-order valence-corrected chi connectivity index (χ3v) is 4.10. The van der Waals surface area contributed by atoms with Gasteiger partial charge in [0.25, 0.3) is 0 Å². The molecule has 2 unspecified atom stereocenters. The Balaban J connectivity index is 1.94. The van der Waals surface area contributed by atoms with Crippen molar-refractivity contribution in [2.75, 3.05) is 18.6 Å². The van der Waals surface area contributed by atoms with E-state index in [9.17, 15) is 0 Å². The van der Waals surface area contributed by atoms with Gasteiger partial charge < -0.3 is 9.64 Å². The Labute approximate surface area is 129 Å². The third-order valence-electron chi connectivity index (χ3n) is 3.91. The van der Waals surface area contributed by atoms with E-state index in [1.165, 1.54) is 0 Å². The van der Waals surface area contributed by atoms with Crippen LogP contribution in [-0.4, -0.2) is 35.8 Å². The van der Waals surface area contributed by atoms with Crippen LogP contribution in [0, 0.1) is 0 Å². The van der Waals surface area contributed by atoms with Crippen molar-refractivity contribution in [1.82, 2.24) is 9.97 Å². The third kappa shape index (κ3) is 3.01. The maximum Gasteiger partial charge on any atom is 0.163 e. The zero-order chi connectivity index (χ0) is 14.8. The molecule has 5 heteroatoms. The Bertz CT molecular complexity index is 620. The molecular formula is C16H18ClN3O. The zero-order valence-electron chi connectivity index (χ0n) is 12.2. The van der Waals surface area contributed by atoms with E-state index in [-0.39, 0.29) is 6.10 Å². The number of nitrogens with zero attached hydrogens (tertiary/aromatic N) is 3. The van der Waals surface area contributed by atoms with Crippen LogP contribution in [0.4, 0.5) is 5.82 Å². The monoisotopic (exact) mass is 303 g/mol. The van der Waals surface area contributed by atoms with Crippen molar-refractivity contribution >= 4 is 17.4 Å². The van der Waals surface area contributed by atoms with E-state index < -0.39 is 0 Å². The fourth-order valence-corrected chi connectivity index (χ4v) is 2.88. The standard InChI is InChI=1S/C16H18ClN3O/c1-11-13(8-9-21-11)20(2)15-10-14(17)18-16(19-15)12-6-4-3-5-7-12/h3-7,10-11,13H,8-9H2,1-2H3. The largest absolute Gasteiger partial charge is 0.376 e. The van der Waals surface area contributed by atoms with Gasteiger partial charge in [-0.2, -0.15) is 0 Å². The normalized spacial score (nSPS) is 21.5. The highest BCUT2D eigenvalue weighted by Crippen LogP contribution is 2.26. The van der Waals surface area contributed by atoms with E-state index in [4.69, 9.17) is 16.3 Å². The van der Waals surface area contributed by atoms with Crippen molar-refractivity contribution < 1.29 is 4.74 Å². The van der Waals surface area contributed by atoms with Gasteiger partial charge in [-0.05, 0) is 13.3 Å². The van der Waals surface area contributed by atoms with Gasteiger partial charge in [0.05, 0.1) is 12.1 Å². The summed E-state index contributed by atoms with van der Waals surface area (Å²) in [4.78, 5) is 11.1. The molecule has 1 aromatic carbocycles. The minimum atomic E-state index is 0.198. The van der Waals surface area contributed by atoms with Crippen molar-refractivity contribution in [2.24, 2.45) is 0 Å². The van der Waals surface area contributed by atoms with Gasteiger partial charge in [-0.15, -0.1) is 0 Å². The first-order valence-electron chi connectivity index (χ1n) is 7.09. The molecule has 1 aliphatic heterocycles. The molecule has 0 amide bonds. The fraction of sp³-hybridized carbons (Fsp3) is 0.375. The predicted molar refractivity (Wildman–Crippen MR) is 84.7 cm³/mol. The summed E-state index contributed by atoms with van der Waals surface area (Å²) in [6.07, 6.45) is 1.20. The van der Waals surface area contributed by atoms with Crippen molar-refractivity contribution in [3.05, 3.63) is 41.6 Å². The molecule has 0 N–H and O–H groups in total. The minimum absolute atomic E-state index is 0.198. The van der Waals surface area contributed by atoms with Crippen LogP contribution in [0.3, 0.4) is 0 Å². The van der Waals surface area contributed by atoms with Crippen LogP contribution < -0.4 is 4.90 Å². The second-order valence-corrected chi connectivity index (χ2v) is 5.67. The molecule has 1 fully saturated rings. The number of rotatable bonds is 3. The second kappa shape index (κ2) is 6.00. The number of hydrogen-bond acceptors (Lipinski definition) is 4. The van der Waals surface area contributed by atoms with Crippen molar-refractivity contribution in [2.45, 2.75) is 25.5 Å².